The molecule has 1 aliphatic rings. The zero-order chi connectivity index (χ0) is 13.4. The number of carbonyl (C=O) groups is 1. The summed E-state index contributed by atoms with van der Waals surface area (Å²) in [6.07, 6.45) is 4.59. The number of amides is 1. The molecule has 0 fully saturated rings. The van der Waals surface area contributed by atoms with Crippen molar-refractivity contribution in [3.05, 3.63) is 40.6 Å². The molecule has 0 aliphatic heterocycles. The summed E-state index contributed by atoms with van der Waals surface area (Å²) in [6, 6.07) is 6.59. The average Bonchev–Trinajstić information content (AvgIpc) is 2.81. The lowest BCUT2D eigenvalue weighted by Gasteiger charge is -2.08. The molecule has 0 atom stereocenters. The minimum atomic E-state index is -0.270. The first-order valence-corrected chi connectivity index (χ1v) is 6.84. The van der Waals surface area contributed by atoms with Crippen LogP contribution in [0.2, 0.25) is 0 Å². The van der Waals surface area contributed by atoms with Crippen molar-refractivity contribution in [1.29, 1.82) is 0 Å². The lowest BCUT2D eigenvalue weighted by molar-refractivity contribution is -0.118. The van der Waals surface area contributed by atoms with Crippen LogP contribution in [0.1, 0.15) is 35.2 Å². The topological polar surface area (TPSA) is 56.0 Å². The highest BCUT2D eigenvalue weighted by Crippen LogP contribution is 2.28. The molecule has 98 valence electrons. The van der Waals surface area contributed by atoms with Crippen LogP contribution in [-0.4, -0.2) is 10.9 Å². The van der Waals surface area contributed by atoms with Crippen LogP contribution in [0.3, 0.4) is 0 Å². The fourth-order valence-corrected chi connectivity index (χ4v) is 2.91. The first kappa shape index (κ1) is 12.2. The highest BCUT2D eigenvalue weighted by Gasteiger charge is 2.13. The molecule has 0 unspecified atom stereocenters. The number of pyridine rings is 1. The Morgan fingerprint density at radius 2 is 2.00 bits per heavy atom. The van der Waals surface area contributed by atoms with E-state index < -0.39 is 0 Å². The van der Waals surface area contributed by atoms with Gasteiger partial charge < -0.3 is 5.73 Å². The van der Waals surface area contributed by atoms with Crippen LogP contribution in [0, 0.1) is 6.92 Å². The Morgan fingerprint density at radius 1 is 1.26 bits per heavy atom. The molecule has 1 aliphatic carbocycles. The van der Waals surface area contributed by atoms with E-state index in [-0.39, 0.29) is 5.91 Å². The quantitative estimate of drug-likeness (QED) is 0.914. The maximum Gasteiger partial charge on any atom is 0.217 e. The molecule has 3 nitrogen and oxygen atoms in total. The van der Waals surface area contributed by atoms with E-state index in [2.05, 4.69) is 30.1 Å². The summed E-state index contributed by atoms with van der Waals surface area (Å²) in [5, 5.41) is 1.24. The number of primary amides is 1. The minimum Gasteiger partial charge on any atom is -0.370 e. The Morgan fingerprint density at radius 3 is 2.74 bits per heavy atom. The predicted molar refractivity (Wildman–Crippen MR) is 76.0 cm³/mol. The molecule has 2 aromatic rings. The van der Waals surface area contributed by atoms with Crippen LogP contribution in [0.25, 0.3) is 10.9 Å². The Bertz CT molecular complexity index is 661. The predicted octanol–water partition coefficient (Wildman–Crippen LogP) is 2.45. The normalized spacial score (nSPS) is 13.7. The van der Waals surface area contributed by atoms with Gasteiger partial charge in [0.15, 0.2) is 0 Å². The number of nitrogens with two attached hydrogens (primary N) is 1. The highest BCUT2D eigenvalue weighted by molar-refractivity contribution is 5.84. The first-order valence-electron chi connectivity index (χ1n) is 6.84. The van der Waals surface area contributed by atoms with Gasteiger partial charge >= 0.3 is 0 Å². The van der Waals surface area contributed by atoms with Crippen molar-refractivity contribution in [3.8, 4) is 0 Å². The number of aryl methyl sites for hydroxylation is 4. The van der Waals surface area contributed by atoms with Gasteiger partial charge in [-0.25, -0.2) is 0 Å². The van der Waals surface area contributed by atoms with Crippen LogP contribution < -0.4 is 5.73 Å². The summed E-state index contributed by atoms with van der Waals surface area (Å²) in [5.74, 6) is -0.270. The monoisotopic (exact) mass is 254 g/mol. The van der Waals surface area contributed by atoms with Gasteiger partial charge in [0.25, 0.3) is 0 Å². The van der Waals surface area contributed by atoms with Crippen LogP contribution in [0.15, 0.2) is 18.2 Å². The molecule has 3 rings (SSSR count). The maximum atomic E-state index is 10.9. The molecule has 0 saturated carbocycles. The fraction of sp³-hybridized carbons (Fsp3) is 0.375. The second-order valence-corrected chi connectivity index (χ2v) is 5.39. The molecular formula is C16H18N2O. The summed E-state index contributed by atoms with van der Waals surface area (Å²) in [4.78, 5) is 15.5. The largest absolute Gasteiger partial charge is 0.370 e. The molecule has 2 N–H and O–H groups in total. The molecule has 1 aromatic carbocycles. The Kier molecular flexibility index (Phi) is 2.97. The van der Waals surface area contributed by atoms with Crippen molar-refractivity contribution >= 4 is 16.8 Å². The lowest BCUT2D eigenvalue weighted by Crippen LogP contribution is -2.11. The molecule has 0 spiro atoms. The molecule has 1 heterocycles. The van der Waals surface area contributed by atoms with Gasteiger partial charge in [-0.3, -0.25) is 9.78 Å². The third-order valence-electron chi connectivity index (χ3n) is 3.91. The van der Waals surface area contributed by atoms with Crippen LogP contribution in [-0.2, 0) is 24.1 Å². The average molecular weight is 254 g/mol. The van der Waals surface area contributed by atoms with Gasteiger partial charge in [-0.05, 0) is 67.5 Å². The van der Waals surface area contributed by atoms with Gasteiger partial charge in [-0.15, -0.1) is 0 Å². The number of hydrogen-bond donors (Lipinski definition) is 1. The number of benzene rings is 1. The van der Waals surface area contributed by atoms with Crippen molar-refractivity contribution in [1.82, 2.24) is 4.98 Å². The summed E-state index contributed by atoms with van der Waals surface area (Å²) in [6.45, 7) is 2.11. The van der Waals surface area contributed by atoms with E-state index in [0.29, 0.717) is 12.8 Å². The maximum absolute atomic E-state index is 10.9. The van der Waals surface area contributed by atoms with Gasteiger partial charge in [-0.1, -0.05) is 0 Å². The standard InChI is InChI=1S/C16H18N2O/c1-10-7-13(5-6-16(17)19)18-15-9-12-4-2-3-11(12)8-14(10)15/h7-9H,2-6H2,1H3,(H2,17,19). The zero-order valence-corrected chi connectivity index (χ0v) is 11.2. The number of rotatable bonds is 3. The minimum absolute atomic E-state index is 0.270. The van der Waals surface area contributed by atoms with Crippen molar-refractivity contribution in [2.24, 2.45) is 5.73 Å². The smallest absolute Gasteiger partial charge is 0.217 e. The third-order valence-corrected chi connectivity index (χ3v) is 3.91. The molecule has 0 radical (unpaired) electrons. The Hall–Kier alpha value is -1.90. The summed E-state index contributed by atoms with van der Waals surface area (Å²) >= 11 is 0. The van der Waals surface area contributed by atoms with Crippen LogP contribution in [0.4, 0.5) is 0 Å². The summed E-state index contributed by atoms with van der Waals surface area (Å²) < 4.78 is 0. The van der Waals surface area contributed by atoms with E-state index in [1.54, 1.807) is 0 Å². The highest BCUT2D eigenvalue weighted by atomic mass is 16.1. The Labute approximate surface area is 112 Å². The summed E-state index contributed by atoms with van der Waals surface area (Å²) in [7, 11) is 0. The van der Waals surface area contributed by atoms with Crippen molar-refractivity contribution in [2.75, 3.05) is 0 Å². The number of fused-ring (bicyclic) bond motifs is 2. The van der Waals surface area contributed by atoms with E-state index in [4.69, 9.17) is 5.73 Å². The van der Waals surface area contributed by atoms with E-state index in [9.17, 15) is 4.79 Å². The van der Waals surface area contributed by atoms with Crippen molar-refractivity contribution in [3.63, 3.8) is 0 Å². The molecule has 19 heavy (non-hydrogen) atoms. The van der Waals surface area contributed by atoms with Crippen LogP contribution >= 0.6 is 0 Å². The zero-order valence-electron chi connectivity index (χ0n) is 11.2. The molecule has 0 saturated heterocycles. The molecule has 1 aromatic heterocycles. The molecule has 1 amide bonds. The number of carbonyl (C=O) groups excluding carboxylic acids is 1. The van der Waals surface area contributed by atoms with Crippen molar-refractivity contribution < 1.29 is 4.79 Å². The number of hydrogen-bond acceptors (Lipinski definition) is 2. The molecular weight excluding hydrogens is 236 g/mol. The lowest BCUT2D eigenvalue weighted by atomic mass is 10.0. The van der Waals surface area contributed by atoms with Crippen LogP contribution in [0.5, 0.6) is 0 Å². The van der Waals surface area contributed by atoms with E-state index in [0.717, 1.165) is 17.6 Å². The summed E-state index contributed by atoms with van der Waals surface area (Å²) in [5.41, 5.74) is 11.4. The molecule has 3 heteroatoms. The van der Waals surface area contributed by atoms with Gasteiger partial charge in [0.2, 0.25) is 5.91 Å². The first-order chi connectivity index (χ1) is 9.13. The van der Waals surface area contributed by atoms with E-state index >= 15 is 0 Å². The number of aromatic nitrogens is 1. The van der Waals surface area contributed by atoms with Gasteiger partial charge in [-0.2, -0.15) is 0 Å². The van der Waals surface area contributed by atoms with E-state index in [1.807, 2.05) is 0 Å². The van der Waals surface area contributed by atoms with Gasteiger partial charge in [0.05, 0.1) is 5.52 Å². The molecule has 0 bridgehead atoms. The third kappa shape index (κ3) is 2.33. The fourth-order valence-electron chi connectivity index (χ4n) is 2.91. The van der Waals surface area contributed by atoms with Crippen molar-refractivity contribution in [2.45, 2.75) is 39.0 Å². The van der Waals surface area contributed by atoms with Gasteiger partial charge in [0, 0.05) is 17.5 Å². The van der Waals surface area contributed by atoms with E-state index in [1.165, 1.54) is 34.9 Å². The van der Waals surface area contributed by atoms with Gasteiger partial charge in [0.1, 0.15) is 0 Å². The number of nitrogens with zero attached hydrogens (tertiary/aromatic N) is 1. The Balaban J connectivity index is 2.04. The SMILES string of the molecule is Cc1cc(CCC(N)=O)nc2cc3c(cc12)CCC3. The second kappa shape index (κ2) is 4.65. The second-order valence-electron chi connectivity index (χ2n) is 5.39.